The molecule has 0 radical (unpaired) electrons. The second kappa shape index (κ2) is 19.1. The van der Waals surface area contributed by atoms with Crippen LogP contribution in [0.4, 0.5) is 0 Å². The maximum absolute atomic E-state index is 15.1. The van der Waals surface area contributed by atoms with Crippen LogP contribution in [0.5, 0.6) is 5.75 Å². The first-order chi connectivity index (χ1) is 31.5. The lowest BCUT2D eigenvalue weighted by molar-refractivity contribution is -0.199. The second-order valence-corrected chi connectivity index (χ2v) is 19.3. The molecule has 0 saturated heterocycles. The monoisotopic (exact) mass is 878 g/mol. The molecule has 1 N–H and O–H groups in total. The zero-order valence-electron chi connectivity index (χ0n) is 38.2. The fourth-order valence-corrected chi connectivity index (χ4v) is 11.6. The Kier molecular flexibility index (Phi) is 13.2. The SMILES string of the molecule is COCCc1c(CO)c2ccc3c(c2oc1=O)C1OC(=O)CC2CC(c4cccc(Cc5ccccc5)c4)CCC2c2ccc(cc2)CCC(=C(C)C)C(=O)OC1C(C)(C1CCCC1)O3. The highest BCUT2D eigenvalue weighted by atomic mass is 16.6. The van der Waals surface area contributed by atoms with E-state index >= 15 is 4.79 Å². The quantitative estimate of drug-likeness (QED) is 0.0922. The predicted molar refractivity (Wildman–Crippen MR) is 250 cm³/mol. The van der Waals surface area contributed by atoms with Gasteiger partial charge in [-0.2, -0.15) is 0 Å². The number of fused-ring (bicyclic) bond motifs is 11. The molecule has 5 aliphatic rings. The molecule has 2 aliphatic carbocycles. The molecule has 0 spiro atoms. The van der Waals surface area contributed by atoms with Crippen LogP contribution in [-0.2, 0) is 49.7 Å². The molecule has 9 heteroatoms. The zero-order chi connectivity index (χ0) is 45.2. The Labute approximate surface area is 382 Å². The fourth-order valence-electron chi connectivity index (χ4n) is 11.6. The molecule has 5 aromatic rings. The summed E-state index contributed by atoms with van der Waals surface area (Å²) in [6, 6.07) is 31.8. The molecule has 4 heterocycles. The minimum atomic E-state index is -1.18. The average Bonchev–Trinajstić information content (AvgIpc) is 3.86. The number of hydrogen-bond acceptors (Lipinski definition) is 9. The number of carbonyl (C=O) groups is 2. The number of rotatable bonds is 8. The molecule has 2 bridgehead atoms. The molecule has 1 aromatic heterocycles. The number of benzene rings is 4. The summed E-state index contributed by atoms with van der Waals surface area (Å²) in [7, 11) is 1.55. The van der Waals surface area contributed by atoms with Crippen molar-refractivity contribution in [3.63, 3.8) is 0 Å². The Morgan fingerprint density at radius 3 is 2.32 bits per heavy atom. The number of carbonyl (C=O) groups excluding carboxylic acids is 2. The first-order valence-corrected chi connectivity index (χ1v) is 23.7. The van der Waals surface area contributed by atoms with Crippen LogP contribution in [0.2, 0.25) is 0 Å². The number of aliphatic hydroxyl groups excluding tert-OH is 1. The molecule has 65 heavy (non-hydrogen) atoms. The van der Waals surface area contributed by atoms with Gasteiger partial charge in [0.05, 0.1) is 18.8 Å². The van der Waals surface area contributed by atoms with Crippen molar-refractivity contribution in [3.05, 3.63) is 157 Å². The molecule has 10 rings (SSSR count). The van der Waals surface area contributed by atoms with E-state index in [1.807, 2.05) is 32.9 Å². The van der Waals surface area contributed by atoms with Gasteiger partial charge in [0, 0.05) is 42.4 Å². The lowest BCUT2D eigenvalue weighted by Crippen LogP contribution is -2.58. The summed E-state index contributed by atoms with van der Waals surface area (Å²) in [5.74, 6) is -0.199. The lowest BCUT2D eigenvalue weighted by Gasteiger charge is -2.48. The van der Waals surface area contributed by atoms with Crippen LogP contribution in [0.25, 0.3) is 11.0 Å². The summed E-state index contributed by atoms with van der Waals surface area (Å²) in [5.41, 5.74) is 7.04. The molecular weight excluding hydrogens is 817 g/mol. The van der Waals surface area contributed by atoms with E-state index in [1.54, 1.807) is 13.2 Å². The molecule has 2 fully saturated rings. The Balaban J connectivity index is 1.15. The molecule has 9 nitrogen and oxygen atoms in total. The Morgan fingerprint density at radius 1 is 0.815 bits per heavy atom. The summed E-state index contributed by atoms with van der Waals surface area (Å²) >= 11 is 0. The van der Waals surface area contributed by atoms with E-state index in [4.69, 9.17) is 23.4 Å². The zero-order valence-corrected chi connectivity index (χ0v) is 38.2. The van der Waals surface area contributed by atoms with E-state index in [2.05, 4.69) is 72.8 Å². The molecular formula is C56H62O9. The third-order valence-corrected chi connectivity index (χ3v) is 15.1. The van der Waals surface area contributed by atoms with Crippen molar-refractivity contribution in [1.29, 1.82) is 0 Å². The van der Waals surface area contributed by atoms with E-state index < -0.39 is 42.0 Å². The van der Waals surface area contributed by atoms with Crippen molar-refractivity contribution in [1.82, 2.24) is 0 Å². The van der Waals surface area contributed by atoms with E-state index in [0.717, 1.165) is 62.5 Å². The molecule has 6 atom stereocenters. The van der Waals surface area contributed by atoms with Crippen LogP contribution in [0, 0.1) is 11.8 Å². The molecule has 2 saturated carbocycles. The summed E-state index contributed by atoms with van der Waals surface area (Å²) in [6.07, 6.45) is 6.48. The number of allylic oxidation sites excluding steroid dienone is 1. The van der Waals surface area contributed by atoms with Crippen molar-refractivity contribution in [2.75, 3.05) is 13.7 Å². The first kappa shape index (κ1) is 44.7. The highest BCUT2D eigenvalue weighted by molar-refractivity contribution is 5.90. The van der Waals surface area contributed by atoms with Gasteiger partial charge in [-0.3, -0.25) is 4.79 Å². The topological polar surface area (TPSA) is 122 Å². The van der Waals surface area contributed by atoms with Gasteiger partial charge in [-0.05, 0) is 135 Å². The van der Waals surface area contributed by atoms with E-state index in [9.17, 15) is 14.7 Å². The average molecular weight is 879 g/mol. The van der Waals surface area contributed by atoms with Gasteiger partial charge in [0.2, 0.25) is 0 Å². The van der Waals surface area contributed by atoms with Gasteiger partial charge in [0.15, 0.2) is 12.2 Å². The number of esters is 2. The molecule has 4 aromatic carbocycles. The number of aryl methyl sites for hydroxylation is 1. The van der Waals surface area contributed by atoms with E-state index in [-0.39, 0.29) is 48.7 Å². The van der Waals surface area contributed by atoms with Gasteiger partial charge < -0.3 is 28.5 Å². The van der Waals surface area contributed by atoms with Gasteiger partial charge in [-0.25, -0.2) is 9.59 Å². The maximum atomic E-state index is 15.1. The van der Waals surface area contributed by atoms with Crippen LogP contribution < -0.4 is 10.4 Å². The van der Waals surface area contributed by atoms with Gasteiger partial charge in [0.1, 0.15) is 16.9 Å². The Morgan fingerprint density at radius 2 is 1.58 bits per heavy atom. The number of ether oxygens (including phenoxy) is 4. The van der Waals surface area contributed by atoms with Crippen LogP contribution >= 0.6 is 0 Å². The third-order valence-electron chi connectivity index (χ3n) is 15.1. The minimum absolute atomic E-state index is 0.0124. The Hall–Kier alpha value is -5.51. The van der Waals surface area contributed by atoms with Gasteiger partial charge in [0.25, 0.3) is 0 Å². The summed E-state index contributed by atoms with van der Waals surface area (Å²) < 4.78 is 32.2. The summed E-state index contributed by atoms with van der Waals surface area (Å²) in [5, 5.41) is 11.3. The maximum Gasteiger partial charge on any atom is 0.339 e. The van der Waals surface area contributed by atoms with Crippen LogP contribution in [-0.4, -0.2) is 42.5 Å². The molecule has 340 valence electrons. The van der Waals surface area contributed by atoms with Crippen molar-refractivity contribution in [2.45, 2.75) is 134 Å². The van der Waals surface area contributed by atoms with Gasteiger partial charge in [-0.15, -0.1) is 0 Å². The number of aliphatic hydroxyl groups is 1. The van der Waals surface area contributed by atoms with Crippen LogP contribution in [0.3, 0.4) is 0 Å². The summed E-state index contributed by atoms with van der Waals surface area (Å²) in [6.45, 7) is 5.66. The predicted octanol–water partition coefficient (Wildman–Crippen LogP) is 10.9. The number of hydrogen-bond donors (Lipinski definition) is 1. The van der Waals surface area contributed by atoms with Gasteiger partial charge in [-0.1, -0.05) is 97.3 Å². The first-order valence-electron chi connectivity index (χ1n) is 23.7. The Bertz CT molecular complexity index is 2620. The fraction of sp³-hybridized carbons (Fsp3) is 0.446. The van der Waals surface area contributed by atoms with Crippen molar-refractivity contribution < 1.29 is 38.1 Å². The normalized spacial score (nSPS) is 25.0. The summed E-state index contributed by atoms with van der Waals surface area (Å²) in [4.78, 5) is 43.7. The van der Waals surface area contributed by atoms with Crippen molar-refractivity contribution in [2.24, 2.45) is 11.8 Å². The van der Waals surface area contributed by atoms with Crippen molar-refractivity contribution in [3.8, 4) is 5.75 Å². The molecule has 3 aliphatic heterocycles. The highest BCUT2D eigenvalue weighted by Crippen LogP contribution is 2.53. The third kappa shape index (κ3) is 9.07. The smallest absolute Gasteiger partial charge is 0.339 e. The van der Waals surface area contributed by atoms with E-state index in [1.165, 1.54) is 22.3 Å². The van der Waals surface area contributed by atoms with Crippen LogP contribution in [0.1, 0.15) is 141 Å². The molecule has 6 unspecified atom stereocenters. The highest BCUT2D eigenvalue weighted by Gasteiger charge is 2.57. The van der Waals surface area contributed by atoms with Gasteiger partial charge >= 0.3 is 17.6 Å². The van der Waals surface area contributed by atoms with Crippen molar-refractivity contribution >= 4 is 22.9 Å². The minimum Gasteiger partial charge on any atom is -0.483 e. The van der Waals surface area contributed by atoms with E-state index in [0.29, 0.717) is 46.2 Å². The van der Waals surface area contributed by atoms with Crippen LogP contribution in [0.15, 0.2) is 111 Å². The molecule has 0 amide bonds. The number of methoxy groups -OCH3 is 1. The largest absolute Gasteiger partial charge is 0.483 e. The standard InChI is InChI=1S/C56H62O9/c1-34(2)43-23-19-35-17-20-38(21-18-35)44-24-22-40(39-14-10-13-37(30-39)29-36-11-6-5-7-12-36)31-41(44)32-49(58)62-52-50-48(65-56(3,42-15-8-9-16-42)53(52)64-54(43)59)26-25-45-47(33-57)46(27-28-61-4)55(60)63-51(45)50/h5-7,10-14,17-18,20-21,25-26,30,40-42,44,52-53,57H,8-9,15-16,19,22-24,27-29,31-33H2,1-4H3. The lowest BCUT2D eigenvalue weighted by atomic mass is 9.68. The second-order valence-electron chi connectivity index (χ2n) is 19.3.